The zero-order valence-electron chi connectivity index (χ0n) is 10.7. The second-order valence-electron chi connectivity index (χ2n) is 3.76. The molecule has 4 nitrogen and oxygen atoms in total. The maximum atomic E-state index is 5.06. The first kappa shape index (κ1) is 13.1. The van der Waals surface area contributed by atoms with Gasteiger partial charge in [-0.15, -0.1) is 10.2 Å². The number of nitrogens with zero attached hydrogens (tertiary/aromatic N) is 3. The molecule has 0 aliphatic rings. The molecule has 0 radical (unpaired) electrons. The topological polar surface area (TPSA) is 39.9 Å². The van der Waals surface area contributed by atoms with Crippen LogP contribution in [0, 0.1) is 0 Å². The highest BCUT2D eigenvalue weighted by molar-refractivity contribution is 7.99. The van der Waals surface area contributed by atoms with Crippen LogP contribution in [0.5, 0.6) is 0 Å². The summed E-state index contributed by atoms with van der Waals surface area (Å²) in [6.45, 7) is 2.81. The Labute approximate surface area is 111 Å². The van der Waals surface area contributed by atoms with Crippen LogP contribution >= 0.6 is 11.8 Å². The first-order valence-electron chi connectivity index (χ1n) is 5.98. The van der Waals surface area contributed by atoms with Gasteiger partial charge in [0.25, 0.3) is 0 Å². The average Bonchev–Trinajstić information content (AvgIpc) is 2.83. The summed E-state index contributed by atoms with van der Waals surface area (Å²) in [4.78, 5) is 0. The van der Waals surface area contributed by atoms with Crippen molar-refractivity contribution in [2.45, 2.75) is 18.5 Å². The summed E-state index contributed by atoms with van der Waals surface area (Å²) in [6.07, 6.45) is 0.868. The van der Waals surface area contributed by atoms with Gasteiger partial charge in [0, 0.05) is 25.0 Å². The highest BCUT2D eigenvalue weighted by Gasteiger charge is 2.12. The maximum Gasteiger partial charge on any atom is 0.195 e. The zero-order chi connectivity index (χ0) is 12.8. The summed E-state index contributed by atoms with van der Waals surface area (Å²) in [7, 11) is 1.71. The molecule has 0 unspecified atom stereocenters. The minimum atomic E-state index is 0.716. The van der Waals surface area contributed by atoms with E-state index in [0.717, 1.165) is 28.8 Å². The van der Waals surface area contributed by atoms with Crippen molar-refractivity contribution in [2.24, 2.45) is 0 Å². The Balaban J connectivity index is 2.28. The van der Waals surface area contributed by atoms with Crippen LogP contribution in [0.15, 0.2) is 35.5 Å². The van der Waals surface area contributed by atoms with Gasteiger partial charge in [0.2, 0.25) is 0 Å². The van der Waals surface area contributed by atoms with Crippen LogP contribution in [0.25, 0.3) is 5.69 Å². The molecule has 0 amide bonds. The van der Waals surface area contributed by atoms with Crippen molar-refractivity contribution >= 4 is 11.8 Å². The lowest BCUT2D eigenvalue weighted by Crippen LogP contribution is -2.02. The van der Waals surface area contributed by atoms with Crippen LogP contribution in [-0.4, -0.2) is 34.2 Å². The SMILES string of the molecule is CCc1nnc(SCCOC)n1-c1ccccc1. The Morgan fingerprint density at radius 1 is 1.22 bits per heavy atom. The van der Waals surface area contributed by atoms with Crippen molar-refractivity contribution in [1.29, 1.82) is 0 Å². The van der Waals surface area contributed by atoms with E-state index in [9.17, 15) is 0 Å². The molecular formula is C13H17N3OS. The van der Waals surface area contributed by atoms with E-state index in [4.69, 9.17) is 4.74 Å². The minimum absolute atomic E-state index is 0.716. The number of aromatic nitrogens is 3. The predicted molar refractivity (Wildman–Crippen MR) is 73.3 cm³/mol. The number of thioether (sulfide) groups is 1. The van der Waals surface area contributed by atoms with Crippen molar-refractivity contribution in [1.82, 2.24) is 14.8 Å². The van der Waals surface area contributed by atoms with Crippen LogP contribution in [-0.2, 0) is 11.2 Å². The molecule has 96 valence electrons. The van der Waals surface area contributed by atoms with Gasteiger partial charge in [-0.3, -0.25) is 4.57 Å². The number of benzene rings is 1. The van der Waals surface area contributed by atoms with Crippen LogP contribution in [0.2, 0.25) is 0 Å². The van der Waals surface area contributed by atoms with Gasteiger partial charge in [-0.25, -0.2) is 0 Å². The average molecular weight is 263 g/mol. The number of hydrogen-bond acceptors (Lipinski definition) is 4. The van der Waals surface area contributed by atoms with E-state index >= 15 is 0 Å². The second-order valence-corrected chi connectivity index (χ2v) is 4.83. The summed E-state index contributed by atoms with van der Waals surface area (Å²) in [6, 6.07) is 10.2. The van der Waals surface area contributed by atoms with E-state index in [0.29, 0.717) is 6.61 Å². The molecule has 5 heteroatoms. The van der Waals surface area contributed by atoms with E-state index < -0.39 is 0 Å². The number of para-hydroxylation sites is 1. The van der Waals surface area contributed by atoms with Gasteiger partial charge in [0.15, 0.2) is 5.16 Å². The molecule has 0 fully saturated rings. The van der Waals surface area contributed by atoms with Gasteiger partial charge in [-0.2, -0.15) is 0 Å². The predicted octanol–water partition coefficient (Wildman–Crippen LogP) is 2.57. The smallest absolute Gasteiger partial charge is 0.195 e. The Morgan fingerprint density at radius 3 is 2.67 bits per heavy atom. The van der Waals surface area contributed by atoms with Crippen LogP contribution in [0.4, 0.5) is 0 Å². The molecular weight excluding hydrogens is 246 g/mol. The van der Waals surface area contributed by atoms with Crippen molar-refractivity contribution in [3.8, 4) is 5.69 Å². The summed E-state index contributed by atoms with van der Waals surface area (Å²) >= 11 is 1.67. The van der Waals surface area contributed by atoms with Gasteiger partial charge in [0.1, 0.15) is 5.82 Å². The molecule has 2 rings (SSSR count). The fraction of sp³-hybridized carbons (Fsp3) is 0.385. The molecule has 18 heavy (non-hydrogen) atoms. The third kappa shape index (κ3) is 2.91. The fourth-order valence-electron chi connectivity index (χ4n) is 1.68. The highest BCUT2D eigenvalue weighted by Crippen LogP contribution is 2.21. The lowest BCUT2D eigenvalue weighted by molar-refractivity contribution is 0.218. The number of rotatable bonds is 6. The van der Waals surface area contributed by atoms with Gasteiger partial charge in [-0.1, -0.05) is 36.9 Å². The molecule has 1 aromatic carbocycles. The second kappa shape index (κ2) is 6.56. The van der Waals surface area contributed by atoms with E-state index in [1.54, 1.807) is 18.9 Å². The Bertz CT molecular complexity index is 484. The van der Waals surface area contributed by atoms with Gasteiger partial charge in [-0.05, 0) is 12.1 Å². The molecule has 2 aromatic rings. The first-order chi connectivity index (χ1) is 8.86. The largest absolute Gasteiger partial charge is 0.384 e. The lowest BCUT2D eigenvalue weighted by atomic mass is 10.3. The third-order valence-electron chi connectivity index (χ3n) is 2.55. The van der Waals surface area contributed by atoms with Crippen LogP contribution in [0.1, 0.15) is 12.7 Å². The number of hydrogen-bond donors (Lipinski definition) is 0. The summed E-state index contributed by atoms with van der Waals surface area (Å²) in [5, 5.41) is 9.42. The number of aryl methyl sites for hydroxylation is 1. The summed E-state index contributed by atoms with van der Waals surface area (Å²) in [5.41, 5.74) is 1.11. The first-order valence-corrected chi connectivity index (χ1v) is 6.96. The molecule has 0 saturated heterocycles. The molecule has 0 aliphatic carbocycles. The molecule has 0 atom stereocenters. The highest BCUT2D eigenvalue weighted by atomic mass is 32.2. The molecule has 0 N–H and O–H groups in total. The van der Waals surface area contributed by atoms with Crippen molar-refractivity contribution in [2.75, 3.05) is 19.5 Å². The lowest BCUT2D eigenvalue weighted by Gasteiger charge is -2.08. The Morgan fingerprint density at radius 2 is 2.00 bits per heavy atom. The molecule has 0 aliphatic heterocycles. The number of ether oxygens (including phenoxy) is 1. The van der Waals surface area contributed by atoms with E-state index in [1.165, 1.54) is 0 Å². The van der Waals surface area contributed by atoms with Crippen molar-refractivity contribution < 1.29 is 4.74 Å². The molecule has 1 heterocycles. The minimum Gasteiger partial charge on any atom is -0.384 e. The molecule has 0 spiro atoms. The Kier molecular flexibility index (Phi) is 4.78. The standard InChI is InChI=1S/C13H17N3OS/c1-3-12-14-15-13(18-10-9-17-2)16(12)11-7-5-4-6-8-11/h4-8H,3,9-10H2,1-2H3. The zero-order valence-corrected chi connectivity index (χ0v) is 11.5. The third-order valence-corrected chi connectivity index (χ3v) is 3.44. The van der Waals surface area contributed by atoms with Gasteiger partial charge < -0.3 is 4.74 Å². The fourth-order valence-corrected chi connectivity index (χ4v) is 2.55. The number of methoxy groups -OCH3 is 1. The van der Waals surface area contributed by atoms with Crippen LogP contribution in [0.3, 0.4) is 0 Å². The quantitative estimate of drug-likeness (QED) is 0.593. The maximum absolute atomic E-state index is 5.06. The van der Waals surface area contributed by atoms with E-state index in [2.05, 4.69) is 33.8 Å². The van der Waals surface area contributed by atoms with E-state index in [1.807, 2.05) is 18.2 Å². The Hall–Kier alpha value is -1.33. The van der Waals surface area contributed by atoms with Gasteiger partial charge >= 0.3 is 0 Å². The van der Waals surface area contributed by atoms with Gasteiger partial charge in [0.05, 0.1) is 6.61 Å². The van der Waals surface area contributed by atoms with Crippen molar-refractivity contribution in [3.63, 3.8) is 0 Å². The van der Waals surface area contributed by atoms with Crippen LogP contribution < -0.4 is 0 Å². The summed E-state index contributed by atoms with van der Waals surface area (Å²) < 4.78 is 7.18. The molecule has 0 bridgehead atoms. The normalized spacial score (nSPS) is 10.8. The summed E-state index contributed by atoms with van der Waals surface area (Å²) in [5.74, 6) is 1.87. The molecule has 0 saturated carbocycles. The van der Waals surface area contributed by atoms with E-state index in [-0.39, 0.29) is 0 Å². The molecule has 1 aromatic heterocycles. The van der Waals surface area contributed by atoms with Crippen molar-refractivity contribution in [3.05, 3.63) is 36.2 Å². The monoisotopic (exact) mass is 263 g/mol.